The first-order valence-corrected chi connectivity index (χ1v) is 6.69. The third-order valence-corrected chi connectivity index (χ3v) is 3.18. The molecule has 3 N–H and O–H groups in total. The van der Waals surface area contributed by atoms with Crippen LogP contribution in [0.25, 0.3) is 0 Å². The molecule has 0 aliphatic rings. The third kappa shape index (κ3) is 4.90. The molecule has 0 fully saturated rings. The minimum Gasteiger partial charge on any atom is -0.452 e. The maximum Gasteiger partial charge on any atom is 0.339 e. The summed E-state index contributed by atoms with van der Waals surface area (Å²) in [5, 5.41) is 2.66. The quantitative estimate of drug-likeness (QED) is 0.639. The molecule has 0 atom stereocenters. The van der Waals surface area contributed by atoms with Crippen LogP contribution in [0.5, 0.6) is 0 Å². The summed E-state index contributed by atoms with van der Waals surface area (Å²) in [7, 11) is 0. The number of nitrogen functional groups attached to an aromatic ring is 1. The molecule has 5 nitrogen and oxygen atoms in total. The Morgan fingerprint density at radius 2 is 2.11 bits per heavy atom. The molecule has 0 saturated carbocycles. The van der Waals surface area contributed by atoms with Crippen molar-refractivity contribution >= 4 is 33.5 Å². The van der Waals surface area contributed by atoms with Crippen LogP contribution in [0, 0.1) is 5.92 Å². The zero-order valence-corrected chi connectivity index (χ0v) is 12.5. The second-order valence-electron chi connectivity index (χ2n) is 4.48. The number of halogens is 1. The van der Waals surface area contributed by atoms with Crippen molar-refractivity contribution in [3.8, 4) is 0 Å². The van der Waals surface area contributed by atoms with Crippen LogP contribution < -0.4 is 11.1 Å². The Morgan fingerprint density at radius 3 is 2.74 bits per heavy atom. The Labute approximate surface area is 120 Å². The summed E-state index contributed by atoms with van der Waals surface area (Å²) in [6, 6.07) is 4.89. The molecule has 0 spiro atoms. The number of anilines is 1. The first-order chi connectivity index (χ1) is 8.91. The lowest BCUT2D eigenvalue weighted by Gasteiger charge is -2.09. The highest BCUT2D eigenvalue weighted by atomic mass is 79.9. The SMILES string of the molecule is CC(C)CNC(=O)COC(=O)c1cccc(N)c1Br. The van der Waals surface area contributed by atoms with Crippen LogP contribution >= 0.6 is 15.9 Å². The fraction of sp³-hybridized carbons (Fsp3) is 0.385. The van der Waals surface area contributed by atoms with Gasteiger partial charge in [-0.1, -0.05) is 19.9 Å². The van der Waals surface area contributed by atoms with E-state index in [1.165, 1.54) is 0 Å². The molecule has 0 unspecified atom stereocenters. The van der Waals surface area contributed by atoms with E-state index >= 15 is 0 Å². The van der Waals surface area contributed by atoms with Crippen molar-refractivity contribution in [3.05, 3.63) is 28.2 Å². The van der Waals surface area contributed by atoms with Crippen molar-refractivity contribution in [2.24, 2.45) is 5.92 Å². The minimum atomic E-state index is -0.584. The smallest absolute Gasteiger partial charge is 0.339 e. The Balaban J connectivity index is 2.52. The Bertz CT molecular complexity index is 475. The van der Waals surface area contributed by atoms with Crippen molar-refractivity contribution < 1.29 is 14.3 Å². The van der Waals surface area contributed by atoms with Gasteiger partial charge in [0.2, 0.25) is 0 Å². The van der Waals surface area contributed by atoms with Gasteiger partial charge < -0.3 is 15.8 Å². The molecule has 0 aliphatic heterocycles. The van der Waals surface area contributed by atoms with E-state index in [0.717, 1.165) is 0 Å². The van der Waals surface area contributed by atoms with Gasteiger partial charge in [0.15, 0.2) is 6.61 Å². The van der Waals surface area contributed by atoms with Gasteiger partial charge in [0.05, 0.1) is 10.0 Å². The van der Waals surface area contributed by atoms with Gasteiger partial charge in [0.25, 0.3) is 5.91 Å². The number of nitrogens with one attached hydrogen (secondary N) is 1. The lowest BCUT2D eigenvalue weighted by atomic mass is 10.2. The van der Waals surface area contributed by atoms with E-state index in [2.05, 4.69) is 21.2 Å². The molecule has 1 aromatic rings. The Hall–Kier alpha value is -1.56. The number of nitrogens with two attached hydrogens (primary N) is 1. The predicted octanol–water partition coefficient (Wildman–Crippen LogP) is 1.96. The third-order valence-electron chi connectivity index (χ3n) is 2.29. The summed E-state index contributed by atoms with van der Waals surface area (Å²) in [5.74, 6) is -0.552. The van der Waals surface area contributed by atoms with E-state index in [9.17, 15) is 9.59 Å². The molecule has 19 heavy (non-hydrogen) atoms. The molecule has 1 amide bonds. The molecule has 1 aromatic carbocycles. The predicted molar refractivity (Wildman–Crippen MR) is 76.7 cm³/mol. The second kappa shape index (κ2) is 7.13. The number of rotatable bonds is 5. The van der Waals surface area contributed by atoms with Gasteiger partial charge >= 0.3 is 5.97 Å². The van der Waals surface area contributed by atoms with Crippen molar-refractivity contribution in [3.63, 3.8) is 0 Å². The van der Waals surface area contributed by atoms with E-state index in [-0.39, 0.29) is 12.5 Å². The van der Waals surface area contributed by atoms with Crippen LogP contribution in [0.15, 0.2) is 22.7 Å². The standard InChI is InChI=1S/C13H17BrN2O3/c1-8(2)6-16-11(17)7-19-13(18)9-4-3-5-10(15)12(9)14/h3-5,8H,6-7,15H2,1-2H3,(H,16,17). The molecule has 1 rings (SSSR count). The van der Waals surface area contributed by atoms with E-state index in [0.29, 0.717) is 28.2 Å². The molecule has 0 radical (unpaired) electrons. The summed E-state index contributed by atoms with van der Waals surface area (Å²) in [5.41, 5.74) is 6.41. The summed E-state index contributed by atoms with van der Waals surface area (Å²) in [6.07, 6.45) is 0. The lowest BCUT2D eigenvalue weighted by molar-refractivity contribution is -0.124. The molecular weight excluding hydrogens is 312 g/mol. The van der Waals surface area contributed by atoms with Crippen LogP contribution in [0.4, 0.5) is 5.69 Å². The Kier molecular flexibility index (Phi) is 5.82. The molecule has 0 aromatic heterocycles. The van der Waals surface area contributed by atoms with E-state index in [4.69, 9.17) is 10.5 Å². The van der Waals surface area contributed by atoms with Gasteiger partial charge in [-0.05, 0) is 34.0 Å². The molecule has 0 saturated heterocycles. The maximum absolute atomic E-state index is 11.8. The van der Waals surface area contributed by atoms with Crippen LogP contribution in [-0.4, -0.2) is 25.0 Å². The number of hydrogen-bond donors (Lipinski definition) is 2. The highest BCUT2D eigenvalue weighted by Gasteiger charge is 2.14. The summed E-state index contributed by atoms with van der Waals surface area (Å²) in [4.78, 5) is 23.2. The zero-order chi connectivity index (χ0) is 14.4. The molecule has 0 bridgehead atoms. The van der Waals surface area contributed by atoms with Gasteiger partial charge in [0.1, 0.15) is 0 Å². The molecule has 104 valence electrons. The van der Waals surface area contributed by atoms with Gasteiger partial charge in [-0.3, -0.25) is 4.79 Å². The second-order valence-corrected chi connectivity index (χ2v) is 5.28. The Morgan fingerprint density at radius 1 is 1.42 bits per heavy atom. The zero-order valence-electron chi connectivity index (χ0n) is 10.9. The molecular formula is C13H17BrN2O3. The largest absolute Gasteiger partial charge is 0.452 e. The fourth-order valence-corrected chi connectivity index (χ4v) is 1.71. The van der Waals surface area contributed by atoms with Gasteiger partial charge in [-0.2, -0.15) is 0 Å². The minimum absolute atomic E-state index is 0.299. The topological polar surface area (TPSA) is 81.4 Å². The first kappa shape index (κ1) is 15.5. The normalized spacial score (nSPS) is 10.3. The van der Waals surface area contributed by atoms with Gasteiger partial charge in [-0.15, -0.1) is 0 Å². The number of esters is 1. The number of carbonyl (C=O) groups is 2. The number of hydrogen-bond acceptors (Lipinski definition) is 4. The van der Waals surface area contributed by atoms with Crippen molar-refractivity contribution in [2.45, 2.75) is 13.8 Å². The highest BCUT2D eigenvalue weighted by molar-refractivity contribution is 9.10. The van der Waals surface area contributed by atoms with Crippen LogP contribution in [-0.2, 0) is 9.53 Å². The number of benzene rings is 1. The van der Waals surface area contributed by atoms with Gasteiger partial charge in [0, 0.05) is 12.2 Å². The highest BCUT2D eigenvalue weighted by Crippen LogP contribution is 2.24. The first-order valence-electron chi connectivity index (χ1n) is 5.89. The van der Waals surface area contributed by atoms with E-state index < -0.39 is 5.97 Å². The van der Waals surface area contributed by atoms with Crippen molar-refractivity contribution in [1.29, 1.82) is 0 Å². The lowest BCUT2D eigenvalue weighted by Crippen LogP contribution is -2.31. The van der Waals surface area contributed by atoms with Crippen LogP contribution in [0.1, 0.15) is 24.2 Å². The summed E-state index contributed by atoms with van der Waals surface area (Å²) in [6.45, 7) is 4.22. The monoisotopic (exact) mass is 328 g/mol. The number of amides is 1. The molecule has 0 heterocycles. The van der Waals surface area contributed by atoms with E-state index in [1.807, 2.05) is 13.8 Å². The fourth-order valence-electron chi connectivity index (χ4n) is 1.29. The van der Waals surface area contributed by atoms with Crippen LogP contribution in [0.3, 0.4) is 0 Å². The average molecular weight is 329 g/mol. The van der Waals surface area contributed by atoms with Crippen LogP contribution in [0.2, 0.25) is 0 Å². The van der Waals surface area contributed by atoms with Crippen molar-refractivity contribution in [1.82, 2.24) is 5.32 Å². The number of carbonyl (C=O) groups excluding carboxylic acids is 2. The molecule has 0 aliphatic carbocycles. The van der Waals surface area contributed by atoms with Crippen molar-refractivity contribution in [2.75, 3.05) is 18.9 Å². The van der Waals surface area contributed by atoms with E-state index in [1.54, 1.807) is 18.2 Å². The van der Waals surface area contributed by atoms with Gasteiger partial charge in [-0.25, -0.2) is 4.79 Å². The number of ether oxygens (including phenoxy) is 1. The summed E-state index contributed by atoms with van der Waals surface area (Å²) < 4.78 is 5.40. The maximum atomic E-state index is 11.8. The average Bonchev–Trinajstić information content (AvgIpc) is 2.36. The molecule has 6 heteroatoms. The summed E-state index contributed by atoms with van der Waals surface area (Å²) >= 11 is 3.21.